The van der Waals surface area contributed by atoms with E-state index in [0.29, 0.717) is 11.5 Å². The first-order valence-electron chi connectivity index (χ1n) is 6.75. The summed E-state index contributed by atoms with van der Waals surface area (Å²) in [5.74, 6) is 0.856. The molecule has 0 saturated carbocycles. The molecule has 2 aromatic carbocycles. The van der Waals surface area contributed by atoms with Crippen LogP contribution in [0.15, 0.2) is 48.5 Å². The summed E-state index contributed by atoms with van der Waals surface area (Å²) < 4.78 is 22.5. The predicted molar refractivity (Wildman–Crippen MR) is 82.8 cm³/mol. The zero-order valence-electron chi connectivity index (χ0n) is 12.3. The van der Waals surface area contributed by atoms with E-state index in [0.717, 1.165) is 11.1 Å². The molecule has 4 nitrogen and oxygen atoms in total. The smallest absolute Gasteiger partial charge is 0.395 e. The average molecular weight is 306 g/mol. The van der Waals surface area contributed by atoms with Crippen molar-refractivity contribution in [2.24, 2.45) is 0 Å². The number of phosphoric ester groups is 1. The van der Waals surface area contributed by atoms with E-state index in [1.807, 2.05) is 39.0 Å². The highest BCUT2D eigenvalue weighted by atomic mass is 31.2. The average Bonchev–Trinajstić information content (AvgIpc) is 2.37. The molecule has 2 aromatic rings. The van der Waals surface area contributed by atoms with Gasteiger partial charge in [0.05, 0.1) is 0 Å². The third-order valence-electron chi connectivity index (χ3n) is 2.97. The number of hydrogen-bond donors (Lipinski definition) is 1. The highest BCUT2D eigenvalue weighted by Crippen LogP contribution is 2.46. The number of phosphoric acid groups is 1. The molecule has 0 aliphatic rings. The molecule has 1 unspecified atom stereocenters. The Balaban J connectivity index is 2.20. The molecule has 1 N–H and O–H groups in total. The lowest BCUT2D eigenvalue weighted by atomic mass is 10.0. The Labute approximate surface area is 125 Å². The van der Waals surface area contributed by atoms with Crippen LogP contribution >= 0.6 is 7.82 Å². The van der Waals surface area contributed by atoms with E-state index in [9.17, 15) is 9.46 Å². The van der Waals surface area contributed by atoms with Crippen molar-refractivity contribution in [2.45, 2.75) is 26.7 Å². The Morgan fingerprint density at radius 2 is 1.76 bits per heavy atom. The monoisotopic (exact) mass is 306 g/mol. The molecular weight excluding hydrogens is 287 g/mol. The molecule has 0 amide bonds. The van der Waals surface area contributed by atoms with Gasteiger partial charge in [0.15, 0.2) is 0 Å². The fourth-order valence-electron chi connectivity index (χ4n) is 1.99. The highest BCUT2D eigenvalue weighted by Gasteiger charge is 2.26. The van der Waals surface area contributed by atoms with Crippen LogP contribution in [0, 0.1) is 6.92 Å². The van der Waals surface area contributed by atoms with E-state index in [2.05, 4.69) is 0 Å². The van der Waals surface area contributed by atoms with E-state index in [1.165, 1.54) is 0 Å². The Morgan fingerprint density at radius 1 is 1.05 bits per heavy atom. The van der Waals surface area contributed by atoms with Crippen LogP contribution in [0.4, 0.5) is 0 Å². The van der Waals surface area contributed by atoms with Crippen LogP contribution in [-0.2, 0) is 4.57 Å². The van der Waals surface area contributed by atoms with Gasteiger partial charge in [0.25, 0.3) is 0 Å². The van der Waals surface area contributed by atoms with Crippen LogP contribution < -0.4 is 9.05 Å². The van der Waals surface area contributed by atoms with Crippen LogP contribution in [0.3, 0.4) is 0 Å². The van der Waals surface area contributed by atoms with E-state index < -0.39 is 7.82 Å². The summed E-state index contributed by atoms with van der Waals surface area (Å²) in [6.07, 6.45) is 0. The van der Waals surface area contributed by atoms with E-state index >= 15 is 0 Å². The molecule has 0 saturated heterocycles. The quantitative estimate of drug-likeness (QED) is 0.815. The molecule has 112 valence electrons. The predicted octanol–water partition coefficient (Wildman–Crippen LogP) is 4.68. The number of aryl methyl sites for hydroxylation is 1. The minimum absolute atomic E-state index is 0.181. The molecule has 0 aliphatic heterocycles. The lowest BCUT2D eigenvalue weighted by Crippen LogP contribution is -2.02. The topological polar surface area (TPSA) is 55.8 Å². The van der Waals surface area contributed by atoms with Crippen LogP contribution in [0.5, 0.6) is 11.5 Å². The minimum atomic E-state index is -4.22. The SMILES string of the molecule is Cc1cccc(OP(=O)(O)Oc2ccccc2C(C)C)c1. The molecule has 0 bridgehead atoms. The van der Waals surface area contributed by atoms with Crippen LogP contribution in [0.25, 0.3) is 0 Å². The van der Waals surface area contributed by atoms with Crippen molar-refractivity contribution in [3.8, 4) is 11.5 Å². The van der Waals surface area contributed by atoms with E-state index in [-0.39, 0.29) is 5.92 Å². The van der Waals surface area contributed by atoms with Gasteiger partial charge in [0.1, 0.15) is 11.5 Å². The van der Waals surface area contributed by atoms with Gasteiger partial charge in [-0.2, -0.15) is 0 Å². The zero-order chi connectivity index (χ0) is 15.5. The molecule has 0 radical (unpaired) electrons. The second-order valence-electron chi connectivity index (χ2n) is 5.16. The van der Waals surface area contributed by atoms with Crippen molar-refractivity contribution in [1.29, 1.82) is 0 Å². The molecule has 0 heterocycles. The van der Waals surface area contributed by atoms with Crippen molar-refractivity contribution in [3.05, 3.63) is 59.7 Å². The maximum Gasteiger partial charge on any atom is 0.584 e. The van der Waals surface area contributed by atoms with E-state index in [1.54, 1.807) is 30.3 Å². The second-order valence-corrected chi connectivity index (χ2v) is 6.46. The Hall–Kier alpha value is -1.77. The lowest BCUT2D eigenvalue weighted by Gasteiger charge is -2.17. The lowest BCUT2D eigenvalue weighted by molar-refractivity contribution is 0.289. The molecule has 21 heavy (non-hydrogen) atoms. The highest BCUT2D eigenvalue weighted by molar-refractivity contribution is 7.48. The van der Waals surface area contributed by atoms with Gasteiger partial charge >= 0.3 is 7.82 Å². The van der Waals surface area contributed by atoms with Crippen LogP contribution in [0.1, 0.15) is 30.9 Å². The fourth-order valence-corrected chi connectivity index (χ4v) is 2.82. The third kappa shape index (κ3) is 4.35. The summed E-state index contributed by atoms with van der Waals surface area (Å²) in [6.45, 7) is 5.86. The molecule has 0 aromatic heterocycles. The standard InChI is InChI=1S/C16H19O4P/c1-12(2)15-9-4-5-10-16(15)20-21(17,18)19-14-8-6-7-13(3)11-14/h4-12H,1-3H3,(H,17,18). The van der Waals surface area contributed by atoms with Gasteiger partial charge < -0.3 is 9.05 Å². The normalized spacial score (nSPS) is 13.8. The molecule has 0 spiro atoms. The first-order valence-corrected chi connectivity index (χ1v) is 8.24. The summed E-state index contributed by atoms with van der Waals surface area (Å²) in [6, 6.07) is 14.1. The Bertz CT molecular complexity index is 667. The maximum atomic E-state index is 12.1. The molecule has 0 fully saturated rings. The number of benzene rings is 2. The molecule has 5 heteroatoms. The molecular formula is C16H19O4P. The van der Waals surface area contributed by atoms with Gasteiger partial charge in [-0.25, -0.2) is 4.57 Å². The van der Waals surface area contributed by atoms with Gasteiger partial charge in [-0.05, 0) is 42.2 Å². The van der Waals surface area contributed by atoms with Crippen molar-refractivity contribution in [1.82, 2.24) is 0 Å². The largest absolute Gasteiger partial charge is 0.584 e. The Kier molecular flexibility index (Phi) is 4.71. The maximum absolute atomic E-state index is 12.1. The van der Waals surface area contributed by atoms with Gasteiger partial charge in [0.2, 0.25) is 0 Å². The number of rotatable bonds is 5. The third-order valence-corrected chi connectivity index (χ3v) is 3.83. The summed E-state index contributed by atoms with van der Waals surface area (Å²) in [5, 5.41) is 0. The van der Waals surface area contributed by atoms with Crippen molar-refractivity contribution < 1.29 is 18.5 Å². The summed E-state index contributed by atoms with van der Waals surface area (Å²) in [5.41, 5.74) is 1.80. The van der Waals surface area contributed by atoms with Gasteiger partial charge in [-0.1, -0.05) is 44.2 Å². The number of para-hydroxylation sites is 1. The van der Waals surface area contributed by atoms with Crippen LogP contribution in [-0.4, -0.2) is 4.89 Å². The van der Waals surface area contributed by atoms with Gasteiger partial charge in [-0.3, -0.25) is 4.89 Å². The first-order chi connectivity index (χ1) is 9.87. The van der Waals surface area contributed by atoms with Gasteiger partial charge in [0, 0.05) is 0 Å². The fraction of sp³-hybridized carbons (Fsp3) is 0.250. The van der Waals surface area contributed by atoms with Gasteiger partial charge in [-0.15, -0.1) is 0 Å². The summed E-state index contributed by atoms with van der Waals surface area (Å²) in [7, 11) is -4.22. The van der Waals surface area contributed by atoms with Crippen molar-refractivity contribution in [2.75, 3.05) is 0 Å². The van der Waals surface area contributed by atoms with Crippen molar-refractivity contribution >= 4 is 7.82 Å². The molecule has 1 atom stereocenters. The Morgan fingerprint density at radius 3 is 2.43 bits per heavy atom. The first kappa shape index (κ1) is 15.6. The molecule has 2 rings (SSSR count). The summed E-state index contributed by atoms with van der Waals surface area (Å²) >= 11 is 0. The number of hydrogen-bond acceptors (Lipinski definition) is 3. The second kappa shape index (κ2) is 6.33. The van der Waals surface area contributed by atoms with E-state index in [4.69, 9.17) is 9.05 Å². The summed E-state index contributed by atoms with van der Waals surface area (Å²) in [4.78, 5) is 9.93. The van der Waals surface area contributed by atoms with Crippen LogP contribution in [0.2, 0.25) is 0 Å². The minimum Gasteiger partial charge on any atom is -0.395 e. The van der Waals surface area contributed by atoms with Crippen molar-refractivity contribution in [3.63, 3.8) is 0 Å². The molecule has 0 aliphatic carbocycles. The zero-order valence-corrected chi connectivity index (χ0v) is 13.2.